The van der Waals surface area contributed by atoms with Gasteiger partial charge in [-0.05, 0) is 156 Å². The summed E-state index contributed by atoms with van der Waals surface area (Å²) in [5.41, 5.74) is 13.6. The van der Waals surface area contributed by atoms with E-state index in [9.17, 15) is 0 Å². The zero-order valence-corrected chi connectivity index (χ0v) is 29.3. The Kier molecular flexibility index (Phi) is 7.36. The van der Waals surface area contributed by atoms with Crippen LogP contribution in [0.1, 0.15) is 22.3 Å². The molecule has 0 aliphatic heterocycles. The summed E-state index contributed by atoms with van der Waals surface area (Å²) in [5, 5.41) is 6.92. The number of hydrogen-bond donors (Lipinski definition) is 0. The third-order valence-corrected chi connectivity index (χ3v) is 10.1. The van der Waals surface area contributed by atoms with Gasteiger partial charge in [-0.3, -0.25) is 0 Å². The van der Waals surface area contributed by atoms with Crippen LogP contribution in [0.2, 0.25) is 0 Å². The molecule has 0 aliphatic rings. The molecule has 8 aromatic carbocycles. The lowest BCUT2D eigenvalue weighted by molar-refractivity contribution is 0.670. The fraction of sp³-hybridized carbons (Fsp3) is 0.0833. The molecule has 0 bridgehead atoms. The number of fused-ring (bicyclic) bond motifs is 5. The standard InChI is InChI=1S/C48H38N2O/c1-31-15-17-33(3)45(23-31)49(39-11-7-5-8-12-39)41-21-19-35-27-43-44-28-36-20-22-42(26-38(36)30-48(44)51-47(43)29-37(35)25-41)50(40-13-9-6-10-14-40)46-24-32(2)16-18-34(46)4/h5-30H,1-4H3. The highest BCUT2D eigenvalue weighted by Gasteiger charge is 2.18. The Bertz CT molecular complexity index is 2560. The summed E-state index contributed by atoms with van der Waals surface area (Å²) in [7, 11) is 0. The van der Waals surface area contributed by atoms with Gasteiger partial charge < -0.3 is 14.2 Å². The van der Waals surface area contributed by atoms with Crippen LogP contribution in [-0.4, -0.2) is 0 Å². The van der Waals surface area contributed by atoms with Crippen LogP contribution in [0.4, 0.5) is 34.1 Å². The van der Waals surface area contributed by atoms with Crippen molar-refractivity contribution in [1.82, 2.24) is 0 Å². The second-order valence-corrected chi connectivity index (χ2v) is 13.8. The Morgan fingerprint density at radius 3 is 1.22 bits per heavy atom. The minimum absolute atomic E-state index is 0.893. The number of furan rings is 1. The van der Waals surface area contributed by atoms with E-state index in [1.54, 1.807) is 0 Å². The molecule has 1 heterocycles. The zero-order valence-electron chi connectivity index (χ0n) is 29.3. The summed E-state index contributed by atoms with van der Waals surface area (Å²) in [6.07, 6.45) is 0. The zero-order chi connectivity index (χ0) is 34.6. The van der Waals surface area contributed by atoms with Crippen molar-refractivity contribution in [3.05, 3.63) is 180 Å². The highest BCUT2D eigenvalue weighted by molar-refractivity contribution is 6.14. The van der Waals surface area contributed by atoms with Gasteiger partial charge in [-0.1, -0.05) is 72.8 Å². The number of nitrogens with zero attached hydrogens (tertiary/aromatic N) is 2. The van der Waals surface area contributed by atoms with E-state index in [0.29, 0.717) is 0 Å². The molecule has 0 N–H and O–H groups in total. The first-order chi connectivity index (χ1) is 24.9. The van der Waals surface area contributed by atoms with E-state index < -0.39 is 0 Å². The van der Waals surface area contributed by atoms with E-state index in [4.69, 9.17) is 4.42 Å². The summed E-state index contributed by atoms with van der Waals surface area (Å²) in [6.45, 7) is 8.66. The average molecular weight is 659 g/mol. The lowest BCUT2D eigenvalue weighted by Gasteiger charge is -2.27. The van der Waals surface area contributed by atoms with Gasteiger partial charge in [0.15, 0.2) is 0 Å². The maximum absolute atomic E-state index is 6.65. The van der Waals surface area contributed by atoms with Crippen molar-refractivity contribution in [3.63, 3.8) is 0 Å². The normalized spacial score (nSPS) is 11.5. The highest BCUT2D eigenvalue weighted by atomic mass is 16.3. The van der Waals surface area contributed by atoms with Gasteiger partial charge in [0.1, 0.15) is 11.2 Å². The number of anilines is 6. The first-order valence-electron chi connectivity index (χ1n) is 17.6. The van der Waals surface area contributed by atoms with E-state index in [-0.39, 0.29) is 0 Å². The molecule has 0 fully saturated rings. The van der Waals surface area contributed by atoms with Crippen LogP contribution in [0.25, 0.3) is 43.5 Å². The fourth-order valence-corrected chi connectivity index (χ4v) is 7.44. The quantitative estimate of drug-likeness (QED) is 0.177. The van der Waals surface area contributed by atoms with Crippen LogP contribution in [0.3, 0.4) is 0 Å². The van der Waals surface area contributed by atoms with Gasteiger partial charge >= 0.3 is 0 Å². The fourth-order valence-electron chi connectivity index (χ4n) is 7.44. The van der Waals surface area contributed by atoms with Crippen molar-refractivity contribution < 1.29 is 4.42 Å². The van der Waals surface area contributed by atoms with Crippen LogP contribution in [0.5, 0.6) is 0 Å². The molecule has 0 unspecified atom stereocenters. The molecule has 0 saturated carbocycles. The van der Waals surface area contributed by atoms with Crippen LogP contribution in [0.15, 0.2) is 162 Å². The number of benzene rings is 8. The van der Waals surface area contributed by atoms with Crippen molar-refractivity contribution in [2.45, 2.75) is 27.7 Å². The van der Waals surface area contributed by atoms with Crippen molar-refractivity contribution in [1.29, 1.82) is 0 Å². The maximum Gasteiger partial charge on any atom is 0.136 e. The molecule has 51 heavy (non-hydrogen) atoms. The number of para-hydroxylation sites is 2. The molecule has 9 aromatic rings. The molecule has 246 valence electrons. The van der Waals surface area contributed by atoms with E-state index >= 15 is 0 Å². The lowest BCUT2D eigenvalue weighted by atomic mass is 10.0. The number of rotatable bonds is 6. The van der Waals surface area contributed by atoms with Gasteiger partial charge in [-0.15, -0.1) is 0 Å². The lowest BCUT2D eigenvalue weighted by Crippen LogP contribution is -2.11. The van der Waals surface area contributed by atoms with Gasteiger partial charge in [0.25, 0.3) is 0 Å². The monoisotopic (exact) mass is 658 g/mol. The number of aryl methyl sites for hydroxylation is 4. The van der Waals surface area contributed by atoms with Crippen molar-refractivity contribution >= 4 is 77.6 Å². The summed E-state index contributed by atoms with van der Waals surface area (Å²) < 4.78 is 6.65. The Hall–Kier alpha value is -6.32. The topological polar surface area (TPSA) is 19.6 Å². The SMILES string of the molecule is Cc1ccc(C)c(N(c2ccccc2)c2ccc3cc4c(cc3c2)oc2cc3cc(N(c5ccccc5)c5cc(C)ccc5C)ccc3cc24)c1. The van der Waals surface area contributed by atoms with Crippen LogP contribution >= 0.6 is 0 Å². The van der Waals surface area contributed by atoms with Crippen molar-refractivity contribution in [2.24, 2.45) is 0 Å². The van der Waals surface area contributed by atoms with Gasteiger partial charge in [-0.25, -0.2) is 0 Å². The Labute approximate surface area is 298 Å². The molecule has 0 amide bonds. The van der Waals surface area contributed by atoms with E-state index in [2.05, 4.69) is 195 Å². The van der Waals surface area contributed by atoms with E-state index in [1.807, 2.05) is 0 Å². The molecule has 0 aliphatic carbocycles. The molecule has 3 nitrogen and oxygen atoms in total. The second kappa shape index (κ2) is 12.2. The van der Waals surface area contributed by atoms with Crippen molar-refractivity contribution in [2.75, 3.05) is 9.80 Å². The Balaban J connectivity index is 1.17. The Morgan fingerprint density at radius 2 is 0.784 bits per heavy atom. The first kappa shape index (κ1) is 30.7. The predicted octanol–water partition coefficient (Wildman–Crippen LogP) is 14.1. The smallest absolute Gasteiger partial charge is 0.136 e. The number of hydrogen-bond acceptors (Lipinski definition) is 3. The van der Waals surface area contributed by atoms with Gasteiger partial charge in [0.05, 0.1) is 0 Å². The van der Waals surface area contributed by atoms with E-state index in [1.165, 1.54) is 44.4 Å². The van der Waals surface area contributed by atoms with Crippen LogP contribution < -0.4 is 9.80 Å². The van der Waals surface area contributed by atoms with Crippen molar-refractivity contribution in [3.8, 4) is 0 Å². The van der Waals surface area contributed by atoms with Crippen LogP contribution in [-0.2, 0) is 0 Å². The molecular weight excluding hydrogens is 621 g/mol. The predicted molar refractivity (Wildman–Crippen MR) is 217 cm³/mol. The molecule has 3 heteroatoms. The summed E-state index contributed by atoms with van der Waals surface area (Å²) in [4.78, 5) is 4.71. The minimum atomic E-state index is 0.893. The van der Waals surface area contributed by atoms with Gasteiger partial charge in [-0.2, -0.15) is 0 Å². The van der Waals surface area contributed by atoms with E-state index in [0.717, 1.165) is 55.5 Å². The average Bonchev–Trinajstić information content (AvgIpc) is 3.49. The molecular formula is C48H38N2O. The molecule has 0 radical (unpaired) electrons. The minimum Gasteiger partial charge on any atom is -0.456 e. The second-order valence-electron chi connectivity index (χ2n) is 13.8. The third kappa shape index (κ3) is 5.48. The molecule has 0 spiro atoms. The molecule has 0 atom stereocenters. The maximum atomic E-state index is 6.65. The van der Waals surface area contributed by atoms with Gasteiger partial charge in [0.2, 0.25) is 0 Å². The molecule has 9 rings (SSSR count). The Morgan fingerprint density at radius 1 is 0.353 bits per heavy atom. The first-order valence-corrected chi connectivity index (χ1v) is 17.6. The largest absolute Gasteiger partial charge is 0.456 e. The third-order valence-electron chi connectivity index (χ3n) is 10.1. The summed E-state index contributed by atoms with van der Waals surface area (Å²) in [5.74, 6) is 0. The van der Waals surface area contributed by atoms with Crippen LogP contribution in [0, 0.1) is 27.7 Å². The molecule has 0 saturated heterocycles. The summed E-state index contributed by atoms with van der Waals surface area (Å²) >= 11 is 0. The molecule has 1 aromatic heterocycles. The van der Waals surface area contributed by atoms with Gasteiger partial charge in [0, 0.05) is 44.9 Å². The highest BCUT2D eigenvalue weighted by Crippen LogP contribution is 2.42. The summed E-state index contributed by atoms with van der Waals surface area (Å²) in [6, 6.07) is 57.0.